The first-order valence-electron chi connectivity index (χ1n) is 6.35. The maximum absolute atomic E-state index is 13.7. The molecule has 0 atom stereocenters. The van der Waals surface area contributed by atoms with E-state index in [2.05, 4.69) is 4.98 Å². The molecule has 3 aromatic rings. The van der Waals surface area contributed by atoms with Gasteiger partial charge in [-0.25, -0.2) is 8.78 Å². The van der Waals surface area contributed by atoms with Crippen LogP contribution in [0.15, 0.2) is 53.4 Å². The molecule has 106 valence electrons. The van der Waals surface area contributed by atoms with Crippen molar-refractivity contribution < 1.29 is 8.78 Å². The van der Waals surface area contributed by atoms with Gasteiger partial charge in [-0.15, -0.1) is 11.8 Å². The average Bonchev–Trinajstić information content (AvgIpc) is 2.46. The van der Waals surface area contributed by atoms with E-state index >= 15 is 0 Å². The molecular formula is C16H12F2N2S. The minimum atomic E-state index is -0.640. The van der Waals surface area contributed by atoms with E-state index in [4.69, 9.17) is 5.73 Å². The van der Waals surface area contributed by atoms with Crippen molar-refractivity contribution in [2.45, 2.75) is 10.6 Å². The zero-order chi connectivity index (χ0) is 14.8. The van der Waals surface area contributed by atoms with Gasteiger partial charge < -0.3 is 5.73 Å². The van der Waals surface area contributed by atoms with E-state index in [1.807, 2.05) is 36.4 Å². The summed E-state index contributed by atoms with van der Waals surface area (Å²) in [5.41, 5.74) is 7.12. The second kappa shape index (κ2) is 5.69. The summed E-state index contributed by atoms with van der Waals surface area (Å²) in [6, 6.07) is 13.8. The fourth-order valence-corrected chi connectivity index (χ4v) is 2.90. The van der Waals surface area contributed by atoms with E-state index in [0.29, 0.717) is 5.75 Å². The second-order valence-electron chi connectivity index (χ2n) is 4.60. The highest BCUT2D eigenvalue weighted by Gasteiger charge is 2.11. The van der Waals surface area contributed by atoms with Crippen LogP contribution < -0.4 is 5.73 Å². The van der Waals surface area contributed by atoms with Crippen molar-refractivity contribution >= 4 is 28.4 Å². The third-order valence-electron chi connectivity index (χ3n) is 3.04. The van der Waals surface area contributed by atoms with Crippen LogP contribution in [-0.4, -0.2) is 4.98 Å². The lowest BCUT2D eigenvalue weighted by molar-refractivity contribution is 0.542. The summed E-state index contributed by atoms with van der Waals surface area (Å²) in [4.78, 5) is 4.45. The molecule has 0 aliphatic carbocycles. The van der Waals surface area contributed by atoms with Gasteiger partial charge in [-0.2, -0.15) is 0 Å². The molecule has 1 aromatic heterocycles. The van der Waals surface area contributed by atoms with Crippen molar-refractivity contribution in [3.05, 3.63) is 65.9 Å². The zero-order valence-corrected chi connectivity index (χ0v) is 11.8. The number of nitrogens with two attached hydrogens (primary N) is 1. The van der Waals surface area contributed by atoms with Gasteiger partial charge in [0.1, 0.15) is 11.6 Å². The molecule has 0 fully saturated rings. The van der Waals surface area contributed by atoms with Crippen molar-refractivity contribution in [2.24, 2.45) is 0 Å². The van der Waals surface area contributed by atoms with Crippen LogP contribution in [0.3, 0.4) is 0 Å². The van der Waals surface area contributed by atoms with E-state index in [0.717, 1.165) is 40.5 Å². The number of aromatic nitrogens is 1. The quantitative estimate of drug-likeness (QED) is 0.576. The number of hydrogen-bond donors (Lipinski definition) is 1. The molecule has 2 N–H and O–H groups in total. The summed E-state index contributed by atoms with van der Waals surface area (Å²) in [5.74, 6) is -0.889. The van der Waals surface area contributed by atoms with E-state index in [1.54, 1.807) is 0 Å². The summed E-state index contributed by atoms with van der Waals surface area (Å²) in [6.07, 6.45) is 0. The number of fused-ring (bicyclic) bond motifs is 1. The summed E-state index contributed by atoms with van der Waals surface area (Å²) >= 11 is 1.08. The summed E-state index contributed by atoms with van der Waals surface area (Å²) in [5, 5.41) is 1.04. The third kappa shape index (κ3) is 2.97. The topological polar surface area (TPSA) is 38.9 Å². The van der Waals surface area contributed by atoms with Crippen LogP contribution >= 0.6 is 11.8 Å². The molecule has 0 unspecified atom stereocenters. The van der Waals surface area contributed by atoms with Crippen LogP contribution in [-0.2, 0) is 5.75 Å². The number of benzene rings is 2. The number of nitrogen functional groups attached to an aromatic ring is 1. The molecule has 2 aromatic carbocycles. The maximum atomic E-state index is 13.7. The molecule has 0 bridgehead atoms. The Kier molecular flexibility index (Phi) is 3.75. The van der Waals surface area contributed by atoms with Crippen LogP contribution in [0.5, 0.6) is 0 Å². The smallest absolute Gasteiger partial charge is 0.141 e. The summed E-state index contributed by atoms with van der Waals surface area (Å²) < 4.78 is 27.4. The first kappa shape index (κ1) is 13.8. The van der Waals surface area contributed by atoms with E-state index in [9.17, 15) is 8.78 Å². The molecule has 2 nitrogen and oxygen atoms in total. The minimum absolute atomic E-state index is 0.0286. The first-order chi connectivity index (χ1) is 10.1. The Labute approximate surface area is 125 Å². The molecule has 3 rings (SSSR count). The molecule has 0 aliphatic rings. The predicted molar refractivity (Wildman–Crippen MR) is 82.1 cm³/mol. The predicted octanol–water partition coefficient (Wildman–Crippen LogP) is 4.39. The molecule has 1 heterocycles. The van der Waals surface area contributed by atoms with Gasteiger partial charge >= 0.3 is 0 Å². The number of anilines is 1. The Morgan fingerprint density at radius 2 is 1.71 bits per heavy atom. The van der Waals surface area contributed by atoms with Gasteiger partial charge in [0.15, 0.2) is 0 Å². The Morgan fingerprint density at radius 1 is 1.00 bits per heavy atom. The highest BCUT2D eigenvalue weighted by molar-refractivity contribution is 7.98. The minimum Gasteiger partial charge on any atom is -0.399 e. The van der Waals surface area contributed by atoms with E-state index in [1.165, 1.54) is 0 Å². The fourth-order valence-electron chi connectivity index (χ4n) is 2.05. The van der Waals surface area contributed by atoms with E-state index in [-0.39, 0.29) is 10.6 Å². The SMILES string of the molecule is Nc1cc(F)c(SCc2ccc3ccccc3n2)c(F)c1. The number of thioether (sulfide) groups is 1. The molecule has 5 heteroatoms. The monoisotopic (exact) mass is 302 g/mol. The number of nitrogens with zero attached hydrogens (tertiary/aromatic N) is 1. The number of para-hydroxylation sites is 1. The number of pyridine rings is 1. The Hall–Kier alpha value is -2.14. The molecule has 0 spiro atoms. The molecule has 0 saturated carbocycles. The lowest BCUT2D eigenvalue weighted by Gasteiger charge is -2.06. The molecule has 0 saturated heterocycles. The van der Waals surface area contributed by atoms with Crippen LogP contribution in [0.25, 0.3) is 10.9 Å². The van der Waals surface area contributed by atoms with Gasteiger partial charge in [0.2, 0.25) is 0 Å². The van der Waals surface area contributed by atoms with Gasteiger partial charge in [0.05, 0.1) is 16.1 Å². The van der Waals surface area contributed by atoms with Gasteiger partial charge in [0, 0.05) is 16.8 Å². The van der Waals surface area contributed by atoms with Crippen molar-refractivity contribution in [3.63, 3.8) is 0 Å². The van der Waals surface area contributed by atoms with Crippen molar-refractivity contribution in [1.82, 2.24) is 4.98 Å². The van der Waals surface area contributed by atoms with Crippen LogP contribution in [0.2, 0.25) is 0 Å². The van der Waals surface area contributed by atoms with Crippen molar-refractivity contribution in [2.75, 3.05) is 5.73 Å². The number of halogens is 2. The fraction of sp³-hybridized carbons (Fsp3) is 0.0625. The normalized spacial score (nSPS) is 11.0. The lowest BCUT2D eigenvalue weighted by Crippen LogP contribution is -1.94. The van der Waals surface area contributed by atoms with Gasteiger partial charge in [-0.05, 0) is 24.3 Å². The lowest BCUT2D eigenvalue weighted by atomic mass is 10.2. The standard InChI is InChI=1S/C16H12F2N2S/c17-13-7-11(19)8-14(18)16(13)21-9-12-6-5-10-3-1-2-4-15(10)20-12/h1-8H,9,19H2. The third-order valence-corrected chi connectivity index (χ3v) is 4.16. The summed E-state index contributed by atoms with van der Waals surface area (Å²) in [6.45, 7) is 0. The Bertz CT molecular complexity index is 782. The van der Waals surface area contributed by atoms with Gasteiger partial charge in [0.25, 0.3) is 0 Å². The van der Waals surface area contributed by atoms with Crippen LogP contribution in [0.1, 0.15) is 5.69 Å². The molecule has 0 amide bonds. The average molecular weight is 302 g/mol. The van der Waals surface area contributed by atoms with Crippen molar-refractivity contribution in [3.8, 4) is 0 Å². The maximum Gasteiger partial charge on any atom is 0.141 e. The molecular weight excluding hydrogens is 290 g/mol. The van der Waals surface area contributed by atoms with Gasteiger partial charge in [-0.1, -0.05) is 24.3 Å². The zero-order valence-electron chi connectivity index (χ0n) is 11.0. The molecule has 21 heavy (non-hydrogen) atoms. The molecule has 0 radical (unpaired) electrons. The largest absolute Gasteiger partial charge is 0.399 e. The Morgan fingerprint density at radius 3 is 2.48 bits per heavy atom. The number of rotatable bonds is 3. The van der Waals surface area contributed by atoms with Crippen molar-refractivity contribution in [1.29, 1.82) is 0 Å². The highest BCUT2D eigenvalue weighted by Crippen LogP contribution is 2.29. The van der Waals surface area contributed by atoms with Gasteiger partial charge in [-0.3, -0.25) is 4.98 Å². The van der Waals surface area contributed by atoms with Crippen LogP contribution in [0, 0.1) is 11.6 Å². The first-order valence-corrected chi connectivity index (χ1v) is 7.34. The number of hydrogen-bond acceptors (Lipinski definition) is 3. The van der Waals surface area contributed by atoms with E-state index < -0.39 is 11.6 Å². The molecule has 0 aliphatic heterocycles. The Balaban J connectivity index is 1.83. The van der Waals surface area contributed by atoms with Crippen LogP contribution in [0.4, 0.5) is 14.5 Å². The highest BCUT2D eigenvalue weighted by atomic mass is 32.2. The second-order valence-corrected chi connectivity index (χ2v) is 5.58. The summed E-state index contributed by atoms with van der Waals surface area (Å²) in [7, 11) is 0.